The van der Waals surface area contributed by atoms with Crippen molar-refractivity contribution in [1.82, 2.24) is 4.98 Å². The van der Waals surface area contributed by atoms with Crippen LogP contribution in [0.15, 0.2) is 36.7 Å². The Bertz CT molecular complexity index is 499. The van der Waals surface area contributed by atoms with Gasteiger partial charge in [0.25, 0.3) is 0 Å². The normalized spacial score (nSPS) is 11.1. The Hall–Kier alpha value is -1.37. The van der Waals surface area contributed by atoms with E-state index in [-0.39, 0.29) is 0 Å². The van der Waals surface area contributed by atoms with Crippen LogP contribution in [0.5, 0.6) is 0 Å². The SMILES string of the molecule is CCCCCCCCCCc1cccc2cnccc12. The van der Waals surface area contributed by atoms with Crippen LogP contribution < -0.4 is 0 Å². The Morgan fingerprint density at radius 3 is 2.40 bits per heavy atom. The predicted octanol–water partition coefficient (Wildman–Crippen LogP) is 5.92. The minimum absolute atomic E-state index is 1.20. The van der Waals surface area contributed by atoms with Crippen molar-refractivity contribution < 1.29 is 0 Å². The van der Waals surface area contributed by atoms with E-state index in [0.717, 1.165) is 0 Å². The Morgan fingerprint density at radius 2 is 1.60 bits per heavy atom. The third-order valence-electron chi connectivity index (χ3n) is 4.07. The third kappa shape index (κ3) is 4.63. The number of pyridine rings is 1. The fourth-order valence-electron chi connectivity index (χ4n) is 2.86. The van der Waals surface area contributed by atoms with E-state index in [9.17, 15) is 0 Å². The zero-order valence-electron chi connectivity index (χ0n) is 12.8. The average molecular weight is 269 g/mol. The molecule has 0 saturated carbocycles. The average Bonchev–Trinajstić information content (AvgIpc) is 2.50. The van der Waals surface area contributed by atoms with Gasteiger partial charge in [0.2, 0.25) is 0 Å². The lowest BCUT2D eigenvalue weighted by atomic mass is 10.00. The number of hydrogen-bond donors (Lipinski definition) is 0. The number of benzene rings is 1. The third-order valence-corrected chi connectivity index (χ3v) is 4.07. The topological polar surface area (TPSA) is 12.9 Å². The van der Waals surface area contributed by atoms with E-state index < -0.39 is 0 Å². The van der Waals surface area contributed by atoms with Gasteiger partial charge in [-0.15, -0.1) is 0 Å². The maximum absolute atomic E-state index is 4.20. The van der Waals surface area contributed by atoms with Crippen molar-refractivity contribution in [2.24, 2.45) is 0 Å². The first kappa shape index (κ1) is 15.0. The van der Waals surface area contributed by atoms with Gasteiger partial charge in [-0.25, -0.2) is 0 Å². The summed E-state index contributed by atoms with van der Waals surface area (Å²) >= 11 is 0. The van der Waals surface area contributed by atoms with Crippen molar-refractivity contribution in [2.45, 2.75) is 64.7 Å². The predicted molar refractivity (Wildman–Crippen MR) is 88.1 cm³/mol. The number of aryl methyl sites for hydroxylation is 1. The van der Waals surface area contributed by atoms with Crippen LogP contribution in [0.25, 0.3) is 10.8 Å². The molecule has 1 heterocycles. The molecule has 0 aliphatic rings. The summed E-state index contributed by atoms with van der Waals surface area (Å²) in [4.78, 5) is 4.20. The van der Waals surface area contributed by atoms with Gasteiger partial charge in [0, 0.05) is 17.8 Å². The zero-order valence-corrected chi connectivity index (χ0v) is 12.8. The quantitative estimate of drug-likeness (QED) is 0.515. The van der Waals surface area contributed by atoms with Gasteiger partial charge in [-0.1, -0.05) is 70.1 Å². The molecule has 0 spiro atoms. The Morgan fingerprint density at radius 1 is 0.850 bits per heavy atom. The summed E-state index contributed by atoms with van der Waals surface area (Å²) < 4.78 is 0. The van der Waals surface area contributed by atoms with Gasteiger partial charge in [0.1, 0.15) is 0 Å². The maximum atomic E-state index is 4.20. The molecule has 0 bridgehead atoms. The van der Waals surface area contributed by atoms with Crippen molar-refractivity contribution in [3.63, 3.8) is 0 Å². The van der Waals surface area contributed by atoms with E-state index in [1.807, 2.05) is 12.4 Å². The number of unbranched alkanes of at least 4 members (excludes halogenated alkanes) is 7. The molecule has 0 amide bonds. The van der Waals surface area contributed by atoms with Gasteiger partial charge in [0.05, 0.1) is 0 Å². The first-order chi connectivity index (χ1) is 9.92. The molecule has 0 fully saturated rings. The van der Waals surface area contributed by atoms with Gasteiger partial charge < -0.3 is 0 Å². The molecular formula is C19H27N. The molecule has 0 radical (unpaired) electrons. The molecule has 0 saturated heterocycles. The standard InChI is InChI=1S/C19H27N/c1-2-3-4-5-6-7-8-9-11-17-12-10-13-18-16-20-15-14-19(17)18/h10,12-16H,2-9,11H2,1H3. The summed E-state index contributed by atoms with van der Waals surface area (Å²) in [6.07, 6.45) is 16.2. The van der Waals surface area contributed by atoms with Gasteiger partial charge >= 0.3 is 0 Å². The minimum atomic E-state index is 1.20. The summed E-state index contributed by atoms with van der Waals surface area (Å²) in [6.45, 7) is 2.28. The van der Waals surface area contributed by atoms with E-state index in [1.54, 1.807) is 0 Å². The van der Waals surface area contributed by atoms with Gasteiger partial charge in [0.15, 0.2) is 0 Å². The van der Waals surface area contributed by atoms with Crippen LogP contribution in [0.3, 0.4) is 0 Å². The Labute approximate surface area is 123 Å². The van der Waals surface area contributed by atoms with E-state index in [0.29, 0.717) is 0 Å². The highest BCUT2D eigenvalue weighted by Crippen LogP contribution is 2.20. The molecule has 1 heteroatoms. The number of aromatic nitrogens is 1. The molecule has 0 aliphatic carbocycles. The Balaban J connectivity index is 1.71. The number of rotatable bonds is 9. The molecule has 2 rings (SSSR count). The fraction of sp³-hybridized carbons (Fsp3) is 0.526. The minimum Gasteiger partial charge on any atom is -0.264 e. The van der Waals surface area contributed by atoms with Gasteiger partial charge in [-0.2, -0.15) is 0 Å². The molecule has 1 nitrogen and oxygen atoms in total. The molecule has 20 heavy (non-hydrogen) atoms. The monoisotopic (exact) mass is 269 g/mol. The molecule has 0 unspecified atom stereocenters. The lowest BCUT2D eigenvalue weighted by molar-refractivity contribution is 0.576. The fourth-order valence-corrected chi connectivity index (χ4v) is 2.86. The summed E-state index contributed by atoms with van der Waals surface area (Å²) in [5, 5.41) is 2.65. The van der Waals surface area contributed by atoms with Crippen LogP contribution >= 0.6 is 0 Å². The van der Waals surface area contributed by atoms with Crippen LogP contribution in [0.2, 0.25) is 0 Å². The summed E-state index contributed by atoms with van der Waals surface area (Å²) in [7, 11) is 0. The van der Waals surface area contributed by atoms with E-state index >= 15 is 0 Å². The lowest BCUT2D eigenvalue weighted by Crippen LogP contribution is -1.89. The van der Waals surface area contributed by atoms with Crippen molar-refractivity contribution in [1.29, 1.82) is 0 Å². The second-order valence-electron chi connectivity index (χ2n) is 5.74. The Kier molecular flexibility index (Phi) is 6.56. The van der Waals surface area contributed by atoms with Gasteiger partial charge in [-0.3, -0.25) is 4.98 Å². The van der Waals surface area contributed by atoms with Crippen molar-refractivity contribution in [3.8, 4) is 0 Å². The molecule has 0 aliphatic heterocycles. The van der Waals surface area contributed by atoms with E-state index in [2.05, 4.69) is 36.2 Å². The second-order valence-corrected chi connectivity index (χ2v) is 5.74. The molecule has 2 aromatic rings. The van der Waals surface area contributed by atoms with Gasteiger partial charge in [-0.05, 0) is 29.9 Å². The van der Waals surface area contributed by atoms with Crippen LogP contribution in [0, 0.1) is 0 Å². The van der Waals surface area contributed by atoms with Crippen LogP contribution in [0.4, 0.5) is 0 Å². The summed E-state index contributed by atoms with van der Waals surface area (Å²) in [6, 6.07) is 8.72. The maximum Gasteiger partial charge on any atom is 0.0346 e. The molecule has 108 valence electrons. The molecule has 0 atom stereocenters. The number of fused-ring (bicyclic) bond motifs is 1. The van der Waals surface area contributed by atoms with Crippen molar-refractivity contribution in [2.75, 3.05) is 0 Å². The number of hydrogen-bond acceptors (Lipinski definition) is 1. The smallest absolute Gasteiger partial charge is 0.0346 e. The van der Waals surface area contributed by atoms with E-state index in [4.69, 9.17) is 0 Å². The van der Waals surface area contributed by atoms with Crippen LogP contribution in [-0.2, 0) is 6.42 Å². The highest BCUT2D eigenvalue weighted by molar-refractivity contribution is 5.84. The zero-order chi connectivity index (χ0) is 14.0. The largest absolute Gasteiger partial charge is 0.264 e. The molecular weight excluding hydrogens is 242 g/mol. The summed E-state index contributed by atoms with van der Waals surface area (Å²) in [5.41, 5.74) is 1.48. The summed E-state index contributed by atoms with van der Waals surface area (Å²) in [5.74, 6) is 0. The lowest BCUT2D eigenvalue weighted by Gasteiger charge is -2.06. The number of nitrogens with zero attached hydrogens (tertiary/aromatic N) is 1. The van der Waals surface area contributed by atoms with Crippen LogP contribution in [0.1, 0.15) is 63.9 Å². The first-order valence-electron chi connectivity index (χ1n) is 8.23. The van der Waals surface area contributed by atoms with E-state index in [1.165, 1.54) is 74.1 Å². The molecule has 1 aromatic carbocycles. The molecule has 0 N–H and O–H groups in total. The van der Waals surface area contributed by atoms with Crippen molar-refractivity contribution >= 4 is 10.8 Å². The molecule has 1 aromatic heterocycles. The second kappa shape index (κ2) is 8.73. The highest BCUT2D eigenvalue weighted by Gasteiger charge is 2.00. The first-order valence-corrected chi connectivity index (χ1v) is 8.23. The van der Waals surface area contributed by atoms with Crippen LogP contribution in [-0.4, -0.2) is 4.98 Å². The van der Waals surface area contributed by atoms with Crippen molar-refractivity contribution in [3.05, 3.63) is 42.2 Å². The highest BCUT2D eigenvalue weighted by atomic mass is 14.6.